The van der Waals surface area contributed by atoms with Crippen molar-refractivity contribution < 1.29 is 13.2 Å². The summed E-state index contributed by atoms with van der Waals surface area (Å²) < 4.78 is 28.4. The highest BCUT2D eigenvalue weighted by atomic mass is 32.2. The second kappa shape index (κ2) is 6.54. The zero-order valence-corrected chi connectivity index (χ0v) is 12.8. The molecule has 0 aromatic carbocycles. The van der Waals surface area contributed by atoms with Gasteiger partial charge in [0.1, 0.15) is 15.9 Å². The molecule has 1 aromatic heterocycles. The molecule has 112 valence electrons. The molecule has 20 heavy (non-hydrogen) atoms. The van der Waals surface area contributed by atoms with Gasteiger partial charge in [0.25, 0.3) is 0 Å². The first kappa shape index (κ1) is 15.3. The van der Waals surface area contributed by atoms with E-state index in [2.05, 4.69) is 9.88 Å². The average molecular weight is 298 g/mol. The monoisotopic (exact) mass is 298 g/mol. The van der Waals surface area contributed by atoms with Crippen molar-refractivity contribution in [1.82, 2.24) is 9.88 Å². The summed E-state index contributed by atoms with van der Waals surface area (Å²) in [5.41, 5.74) is 0. The summed E-state index contributed by atoms with van der Waals surface area (Å²) in [6.07, 6.45) is 4.12. The Hall–Kier alpha value is -1.14. The van der Waals surface area contributed by atoms with Crippen molar-refractivity contribution in [2.24, 2.45) is 5.92 Å². The van der Waals surface area contributed by atoms with E-state index in [0.717, 1.165) is 26.1 Å². The topological polar surface area (TPSA) is 59.5 Å². The molecular weight excluding hydrogens is 276 g/mol. The van der Waals surface area contributed by atoms with E-state index in [1.165, 1.54) is 6.26 Å². The molecule has 6 heteroatoms. The Bertz CT molecular complexity index is 518. The fourth-order valence-corrected chi connectivity index (χ4v) is 3.80. The molecule has 1 fully saturated rings. The molecule has 0 radical (unpaired) electrons. The number of sulfone groups is 1. The molecule has 1 aliphatic rings. The molecular formula is C14H22N2O3S. The number of rotatable bonds is 6. The van der Waals surface area contributed by atoms with Crippen molar-refractivity contribution in [3.63, 3.8) is 0 Å². The van der Waals surface area contributed by atoms with Gasteiger partial charge in [-0.2, -0.15) is 0 Å². The van der Waals surface area contributed by atoms with Crippen LogP contribution < -0.4 is 4.74 Å². The van der Waals surface area contributed by atoms with Gasteiger partial charge in [-0.3, -0.25) is 4.90 Å². The second-order valence-electron chi connectivity index (χ2n) is 5.65. The van der Waals surface area contributed by atoms with E-state index in [-0.39, 0.29) is 17.8 Å². The van der Waals surface area contributed by atoms with E-state index in [1.54, 1.807) is 6.20 Å². The van der Waals surface area contributed by atoms with Gasteiger partial charge in [-0.05, 0) is 18.4 Å². The molecule has 0 amide bonds. The van der Waals surface area contributed by atoms with Crippen molar-refractivity contribution in [3.05, 3.63) is 24.4 Å². The molecule has 1 aromatic rings. The molecule has 2 heterocycles. The quantitative estimate of drug-likeness (QED) is 0.790. The Morgan fingerprint density at radius 1 is 1.50 bits per heavy atom. The third-order valence-corrected chi connectivity index (χ3v) is 4.49. The van der Waals surface area contributed by atoms with Crippen LogP contribution in [0.3, 0.4) is 0 Å². The third kappa shape index (κ3) is 5.09. The van der Waals surface area contributed by atoms with Crippen LogP contribution in [0.2, 0.25) is 0 Å². The van der Waals surface area contributed by atoms with Crippen molar-refractivity contribution in [2.45, 2.75) is 19.4 Å². The first-order valence-electron chi connectivity index (χ1n) is 6.90. The molecule has 5 nitrogen and oxygen atoms in total. The molecule has 2 unspecified atom stereocenters. The highest BCUT2D eigenvalue weighted by molar-refractivity contribution is 7.90. The van der Waals surface area contributed by atoms with Gasteiger partial charge in [0.15, 0.2) is 0 Å². The van der Waals surface area contributed by atoms with E-state index in [0.29, 0.717) is 5.88 Å². The predicted octanol–water partition coefficient (Wildman–Crippen LogP) is 1.22. The molecule has 0 bridgehead atoms. The lowest BCUT2D eigenvalue weighted by atomic mass is 10.2. The van der Waals surface area contributed by atoms with Crippen molar-refractivity contribution >= 4 is 9.84 Å². The Labute approximate surface area is 120 Å². The standard InChI is InChI=1S/C14H22N2O3S/c1-12(11-20(2,17)18)9-16-8-6-13(10-16)19-14-5-3-4-7-15-14/h3-5,7,12-13H,6,8-11H2,1-2H3. The smallest absolute Gasteiger partial charge is 0.213 e. The lowest BCUT2D eigenvalue weighted by Crippen LogP contribution is -2.31. The summed E-state index contributed by atoms with van der Waals surface area (Å²) in [5.74, 6) is 1.05. The van der Waals surface area contributed by atoms with Gasteiger partial charge in [-0.25, -0.2) is 13.4 Å². The Kier molecular flexibility index (Phi) is 4.99. The number of likely N-dealkylation sites (tertiary alicyclic amines) is 1. The third-order valence-electron chi connectivity index (χ3n) is 3.31. The van der Waals surface area contributed by atoms with E-state index >= 15 is 0 Å². The minimum absolute atomic E-state index is 0.148. The maximum absolute atomic E-state index is 11.3. The molecule has 1 saturated heterocycles. The second-order valence-corrected chi connectivity index (χ2v) is 7.84. The van der Waals surface area contributed by atoms with Crippen molar-refractivity contribution in [2.75, 3.05) is 31.6 Å². The number of pyridine rings is 1. The predicted molar refractivity (Wildman–Crippen MR) is 78.6 cm³/mol. The van der Waals surface area contributed by atoms with Gasteiger partial charge in [-0.1, -0.05) is 13.0 Å². The van der Waals surface area contributed by atoms with Gasteiger partial charge < -0.3 is 4.74 Å². The minimum atomic E-state index is -2.89. The lowest BCUT2D eigenvalue weighted by Gasteiger charge is -2.20. The van der Waals surface area contributed by atoms with Crippen LogP contribution in [-0.2, 0) is 9.84 Å². The maximum atomic E-state index is 11.3. The van der Waals surface area contributed by atoms with Gasteiger partial charge in [0, 0.05) is 38.2 Å². The number of hydrogen-bond donors (Lipinski definition) is 0. The molecule has 0 spiro atoms. The van der Waals surface area contributed by atoms with E-state index in [4.69, 9.17) is 4.74 Å². The summed E-state index contributed by atoms with van der Waals surface area (Å²) in [6.45, 7) is 4.57. The number of nitrogens with zero attached hydrogens (tertiary/aromatic N) is 2. The zero-order chi connectivity index (χ0) is 14.6. The highest BCUT2D eigenvalue weighted by Gasteiger charge is 2.26. The minimum Gasteiger partial charge on any atom is -0.473 e. The molecule has 2 atom stereocenters. The first-order valence-corrected chi connectivity index (χ1v) is 8.96. The number of aromatic nitrogens is 1. The number of ether oxygens (including phenoxy) is 1. The van der Waals surface area contributed by atoms with Crippen LogP contribution in [0, 0.1) is 5.92 Å². The van der Waals surface area contributed by atoms with Crippen LogP contribution in [0.1, 0.15) is 13.3 Å². The van der Waals surface area contributed by atoms with Gasteiger partial charge >= 0.3 is 0 Å². The van der Waals surface area contributed by atoms with E-state index < -0.39 is 9.84 Å². The molecule has 2 rings (SSSR count). The molecule has 0 N–H and O–H groups in total. The molecule has 0 aliphatic carbocycles. The maximum Gasteiger partial charge on any atom is 0.213 e. The highest BCUT2D eigenvalue weighted by Crippen LogP contribution is 2.17. The summed E-state index contributed by atoms with van der Waals surface area (Å²) in [6, 6.07) is 5.62. The van der Waals surface area contributed by atoms with Crippen molar-refractivity contribution in [3.8, 4) is 5.88 Å². The van der Waals surface area contributed by atoms with E-state index in [1.807, 2.05) is 25.1 Å². The summed E-state index contributed by atoms with van der Waals surface area (Å²) >= 11 is 0. The average Bonchev–Trinajstić information content (AvgIpc) is 2.75. The zero-order valence-electron chi connectivity index (χ0n) is 12.0. The van der Waals surface area contributed by atoms with Crippen molar-refractivity contribution in [1.29, 1.82) is 0 Å². The fourth-order valence-electron chi connectivity index (χ4n) is 2.66. The van der Waals surface area contributed by atoms with Crippen LogP contribution in [0.25, 0.3) is 0 Å². The normalized spacial score (nSPS) is 21.8. The van der Waals surface area contributed by atoms with Gasteiger partial charge in [0.2, 0.25) is 5.88 Å². The Morgan fingerprint density at radius 3 is 2.95 bits per heavy atom. The first-order chi connectivity index (χ1) is 9.42. The SMILES string of the molecule is CC(CN1CCC(Oc2ccccn2)C1)CS(C)(=O)=O. The van der Waals surface area contributed by atoms with Crippen LogP contribution in [0.4, 0.5) is 0 Å². The lowest BCUT2D eigenvalue weighted by molar-refractivity contribution is 0.188. The molecule has 1 aliphatic heterocycles. The van der Waals surface area contributed by atoms with Gasteiger partial charge in [0.05, 0.1) is 5.75 Å². The summed E-state index contributed by atoms with van der Waals surface area (Å²) in [4.78, 5) is 6.42. The number of hydrogen-bond acceptors (Lipinski definition) is 5. The summed E-state index contributed by atoms with van der Waals surface area (Å²) in [7, 11) is -2.89. The molecule has 0 saturated carbocycles. The summed E-state index contributed by atoms with van der Waals surface area (Å²) in [5, 5.41) is 0. The van der Waals surface area contributed by atoms with Gasteiger partial charge in [-0.15, -0.1) is 0 Å². The fraction of sp³-hybridized carbons (Fsp3) is 0.643. The van der Waals surface area contributed by atoms with Crippen LogP contribution in [-0.4, -0.2) is 56.0 Å². The van der Waals surface area contributed by atoms with Crippen LogP contribution in [0.15, 0.2) is 24.4 Å². The Morgan fingerprint density at radius 2 is 2.30 bits per heavy atom. The van der Waals surface area contributed by atoms with Crippen LogP contribution in [0.5, 0.6) is 5.88 Å². The largest absolute Gasteiger partial charge is 0.473 e. The van der Waals surface area contributed by atoms with Crippen LogP contribution >= 0.6 is 0 Å². The Balaban J connectivity index is 1.78. The van der Waals surface area contributed by atoms with E-state index in [9.17, 15) is 8.42 Å².